The highest BCUT2D eigenvalue weighted by Crippen LogP contribution is 2.40. The molecule has 1 aliphatic heterocycles. The van der Waals surface area contributed by atoms with Crippen molar-refractivity contribution in [1.29, 1.82) is 5.26 Å². The van der Waals surface area contributed by atoms with Crippen molar-refractivity contribution in [2.24, 2.45) is 0 Å². The Hall–Kier alpha value is -4.39. The molecule has 0 bridgehead atoms. The van der Waals surface area contributed by atoms with Gasteiger partial charge in [-0.3, -0.25) is 14.9 Å². The largest absolute Gasteiger partial charge is 0.454 e. The third-order valence-corrected chi connectivity index (χ3v) is 4.89. The summed E-state index contributed by atoms with van der Waals surface area (Å²) >= 11 is 0. The van der Waals surface area contributed by atoms with E-state index in [0.717, 1.165) is 17.4 Å². The molecule has 1 N–H and O–H groups in total. The van der Waals surface area contributed by atoms with E-state index >= 15 is 0 Å². The zero-order valence-corrected chi connectivity index (χ0v) is 17.1. The fraction of sp³-hybridized carbons (Fsp3) is 0.190. The lowest BCUT2D eigenvalue weighted by Crippen LogP contribution is -2.27. The number of anilines is 3. The molecule has 0 unspecified atom stereocenters. The molecule has 0 saturated carbocycles. The van der Waals surface area contributed by atoms with Crippen molar-refractivity contribution in [1.82, 2.24) is 0 Å². The maximum Gasteiger partial charge on any atom is 0.338 e. The summed E-state index contributed by atoms with van der Waals surface area (Å²) in [6.45, 7) is -0.676. The number of nitrogens with one attached hydrogen (secondary N) is 1. The van der Waals surface area contributed by atoms with E-state index in [1.165, 1.54) is 19.2 Å². The molecule has 1 aliphatic rings. The minimum atomic E-state index is -0.905. The standard InChI is InChI=1S/C21H19N5O5/c1-23-15-9-8-13(10-18(15)26(29)30)21(28)31-12-19(27)14(11-22)20-24(2)16-6-4-5-7-17(16)25(20)3/h4-10,23H,12H2,1-3H3. The zero-order valence-electron chi connectivity index (χ0n) is 17.1. The predicted octanol–water partition coefficient (Wildman–Crippen LogP) is 2.68. The number of nitro benzene ring substituents is 1. The molecule has 0 fully saturated rings. The zero-order chi connectivity index (χ0) is 22.7. The number of ketones is 1. The number of para-hydroxylation sites is 2. The van der Waals surface area contributed by atoms with Gasteiger partial charge in [0.2, 0.25) is 5.78 Å². The van der Waals surface area contributed by atoms with E-state index in [4.69, 9.17) is 4.74 Å². The molecule has 0 aromatic heterocycles. The number of carbonyl (C=O) groups excluding carboxylic acids is 2. The number of hydrogen-bond donors (Lipinski definition) is 1. The molecule has 2 aromatic rings. The van der Waals surface area contributed by atoms with Crippen molar-refractivity contribution in [3.05, 3.63) is 69.5 Å². The summed E-state index contributed by atoms with van der Waals surface area (Å²) in [6, 6.07) is 13.1. The molecular formula is C21H19N5O5. The summed E-state index contributed by atoms with van der Waals surface area (Å²) in [4.78, 5) is 39.0. The van der Waals surface area contributed by atoms with Gasteiger partial charge in [0.1, 0.15) is 23.2 Å². The van der Waals surface area contributed by atoms with Crippen molar-refractivity contribution in [2.75, 3.05) is 42.9 Å². The van der Waals surface area contributed by atoms with Gasteiger partial charge in [-0.2, -0.15) is 5.26 Å². The number of esters is 1. The molecule has 2 aromatic carbocycles. The predicted molar refractivity (Wildman–Crippen MR) is 114 cm³/mol. The average molecular weight is 421 g/mol. The second kappa shape index (κ2) is 8.54. The molecule has 0 spiro atoms. The first-order chi connectivity index (χ1) is 14.8. The van der Waals surface area contributed by atoms with Gasteiger partial charge >= 0.3 is 5.97 Å². The average Bonchev–Trinajstić information content (AvgIpc) is 3.03. The van der Waals surface area contributed by atoms with Crippen LogP contribution in [0.2, 0.25) is 0 Å². The molecule has 0 aliphatic carbocycles. The molecule has 10 heteroatoms. The third-order valence-electron chi connectivity index (χ3n) is 4.89. The van der Waals surface area contributed by atoms with Gasteiger partial charge in [0.15, 0.2) is 6.61 Å². The molecular weight excluding hydrogens is 402 g/mol. The minimum Gasteiger partial charge on any atom is -0.454 e. The first-order valence-electron chi connectivity index (χ1n) is 9.17. The molecule has 0 amide bonds. The number of ether oxygens (including phenoxy) is 1. The first-order valence-corrected chi connectivity index (χ1v) is 9.17. The van der Waals surface area contributed by atoms with Crippen molar-refractivity contribution < 1.29 is 19.2 Å². The quantitative estimate of drug-likeness (QED) is 0.246. The van der Waals surface area contributed by atoms with Crippen LogP contribution in [0.1, 0.15) is 10.4 Å². The minimum absolute atomic E-state index is 0.0767. The Morgan fingerprint density at radius 2 is 1.77 bits per heavy atom. The lowest BCUT2D eigenvalue weighted by Gasteiger charge is -2.19. The Balaban J connectivity index is 1.80. The molecule has 0 saturated heterocycles. The highest BCUT2D eigenvalue weighted by atomic mass is 16.6. The first kappa shape index (κ1) is 21.3. The van der Waals surface area contributed by atoms with Crippen molar-refractivity contribution >= 4 is 34.5 Å². The summed E-state index contributed by atoms with van der Waals surface area (Å²) in [6.07, 6.45) is 0. The number of nitriles is 1. The number of fused-ring (bicyclic) bond motifs is 1. The second-order valence-electron chi connectivity index (χ2n) is 6.66. The van der Waals surface area contributed by atoms with Crippen LogP contribution >= 0.6 is 0 Å². The highest BCUT2D eigenvalue weighted by Gasteiger charge is 2.31. The fourth-order valence-corrected chi connectivity index (χ4v) is 3.36. The van der Waals surface area contributed by atoms with E-state index in [9.17, 15) is 25.0 Å². The van der Waals surface area contributed by atoms with Gasteiger partial charge in [0.05, 0.1) is 21.9 Å². The Morgan fingerprint density at radius 1 is 1.16 bits per heavy atom. The van der Waals surface area contributed by atoms with Crippen LogP contribution in [0.25, 0.3) is 0 Å². The lowest BCUT2D eigenvalue weighted by atomic mass is 10.1. The number of Topliss-reactive ketones (excluding diaryl/α,β-unsaturated/α-hetero) is 1. The van der Waals surface area contributed by atoms with Crippen molar-refractivity contribution in [2.45, 2.75) is 0 Å². The van der Waals surface area contributed by atoms with Gasteiger partial charge < -0.3 is 19.9 Å². The SMILES string of the molecule is CNc1ccc(C(=O)OCC(=O)C(C#N)=C2N(C)c3ccccc3N2C)cc1[N+](=O)[O-]. The van der Waals surface area contributed by atoms with E-state index in [2.05, 4.69) is 5.32 Å². The number of rotatable bonds is 6. The van der Waals surface area contributed by atoms with Crippen LogP contribution in [0.5, 0.6) is 0 Å². The Bertz CT molecular complexity index is 1120. The van der Waals surface area contributed by atoms with E-state index in [-0.39, 0.29) is 22.5 Å². The van der Waals surface area contributed by atoms with Crippen LogP contribution in [-0.2, 0) is 9.53 Å². The summed E-state index contributed by atoms with van der Waals surface area (Å²) in [7, 11) is 4.98. The van der Waals surface area contributed by atoms with Crippen LogP contribution in [0, 0.1) is 21.4 Å². The Labute approximate surface area is 178 Å². The molecule has 0 atom stereocenters. The van der Waals surface area contributed by atoms with Gasteiger partial charge in [-0.15, -0.1) is 0 Å². The Morgan fingerprint density at radius 3 is 2.29 bits per heavy atom. The number of carbonyl (C=O) groups is 2. The van der Waals surface area contributed by atoms with E-state index in [0.29, 0.717) is 5.82 Å². The molecule has 0 radical (unpaired) electrons. The van der Waals surface area contributed by atoms with E-state index < -0.39 is 23.3 Å². The number of benzene rings is 2. The molecule has 3 rings (SSSR count). The Kier molecular flexibility index (Phi) is 5.88. The van der Waals surface area contributed by atoms with Gasteiger partial charge in [-0.25, -0.2) is 4.79 Å². The van der Waals surface area contributed by atoms with Crippen LogP contribution in [0.3, 0.4) is 0 Å². The topological polar surface area (TPSA) is 129 Å². The number of nitrogens with zero attached hydrogens (tertiary/aromatic N) is 4. The number of nitro groups is 1. The van der Waals surface area contributed by atoms with Gasteiger partial charge in [0, 0.05) is 27.2 Å². The summed E-state index contributed by atoms with van der Waals surface area (Å²) in [5.41, 5.74) is 1.36. The maximum atomic E-state index is 12.7. The van der Waals surface area contributed by atoms with Crippen molar-refractivity contribution in [3.8, 4) is 6.07 Å². The lowest BCUT2D eigenvalue weighted by molar-refractivity contribution is -0.384. The van der Waals surface area contributed by atoms with Crippen molar-refractivity contribution in [3.63, 3.8) is 0 Å². The van der Waals surface area contributed by atoms with E-state index in [1.54, 1.807) is 23.9 Å². The molecule has 10 nitrogen and oxygen atoms in total. The van der Waals surface area contributed by atoms with E-state index in [1.807, 2.05) is 30.3 Å². The smallest absolute Gasteiger partial charge is 0.338 e. The van der Waals surface area contributed by atoms with Gasteiger partial charge in [0.25, 0.3) is 5.69 Å². The van der Waals surface area contributed by atoms with Crippen LogP contribution in [0.15, 0.2) is 53.9 Å². The molecule has 1 heterocycles. The summed E-state index contributed by atoms with van der Waals surface area (Å²) < 4.78 is 5.03. The number of hydrogen-bond acceptors (Lipinski definition) is 9. The monoisotopic (exact) mass is 421 g/mol. The highest BCUT2D eigenvalue weighted by molar-refractivity contribution is 6.04. The van der Waals surface area contributed by atoms with Crippen LogP contribution in [0.4, 0.5) is 22.7 Å². The summed E-state index contributed by atoms with van der Waals surface area (Å²) in [5.74, 6) is -1.21. The molecule has 158 valence electrons. The second-order valence-corrected chi connectivity index (χ2v) is 6.66. The van der Waals surface area contributed by atoms with Crippen LogP contribution < -0.4 is 15.1 Å². The van der Waals surface area contributed by atoms with Gasteiger partial charge in [-0.05, 0) is 24.3 Å². The third kappa shape index (κ3) is 3.89. The van der Waals surface area contributed by atoms with Crippen LogP contribution in [-0.4, -0.2) is 44.4 Å². The normalized spacial score (nSPS) is 12.1. The molecule has 31 heavy (non-hydrogen) atoms. The maximum absolute atomic E-state index is 12.7. The fourth-order valence-electron chi connectivity index (χ4n) is 3.36. The summed E-state index contributed by atoms with van der Waals surface area (Å²) in [5, 5.41) is 23.4. The van der Waals surface area contributed by atoms with Gasteiger partial charge in [-0.1, -0.05) is 12.1 Å².